The summed E-state index contributed by atoms with van der Waals surface area (Å²) in [6.07, 6.45) is 7.43. The number of allylic oxidation sites excluding steroid dienone is 2. The van der Waals surface area contributed by atoms with E-state index in [1.165, 1.54) is 6.07 Å². The first kappa shape index (κ1) is 13.7. The second-order valence-corrected chi connectivity index (χ2v) is 5.43. The maximum atomic E-state index is 13.6. The van der Waals surface area contributed by atoms with Crippen molar-refractivity contribution < 1.29 is 8.78 Å². The number of rotatable bonds is 2. The van der Waals surface area contributed by atoms with Crippen LogP contribution in [0.1, 0.15) is 17.2 Å². The summed E-state index contributed by atoms with van der Waals surface area (Å²) in [4.78, 5) is 0. The van der Waals surface area contributed by atoms with Crippen molar-refractivity contribution in [2.24, 2.45) is 0 Å². The number of nitrogens with zero attached hydrogens (tertiary/aromatic N) is 1. The number of H-pyrrole nitrogens is 1. The van der Waals surface area contributed by atoms with Gasteiger partial charge in [0.25, 0.3) is 0 Å². The van der Waals surface area contributed by atoms with Gasteiger partial charge in [-0.2, -0.15) is 5.10 Å². The molecule has 2 aromatic carbocycles. The molecule has 3 nitrogen and oxygen atoms in total. The minimum Gasteiger partial charge on any atom is -0.380 e. The van der Waals surface area contributed by atoms with Crippen molar-refractivity contribution in [3.8, 4) is 0 Å². The van der Waals surface area contributed by atoms with Crippen LogP contribution in [0.3, 0.4) is 0 Å². The van der Waals surface area contributed by atoms with E-state index in [0.29, 0.717) is 5.56 Å². The zero-order chi connectivity index (χ0) is 15.8. The molecule has 0 fully saturated rings. The number of hydrogen-bond donors (Lipinski definition) is 2. The van der Waals surface area contributed by atoms with Gasteiger partial charge in [-0.25, -0.2) is 8.78 Å². The number of fused-ring (bicyclic) bond motifs is 1. The fraction of sp³-hybridized carbons (Fsp3) is 0.0556. The highest BCUT2D eigenvalue weighted by Gasteiger charge is 2.20. The third-order valence-electron chi connectivity index (χ3n) is 4.00. The molecule has 4 rings (SSSR count). The molecule has 0 saturated heterocycles. The molecule has 5 heteroatoms. The van der Waals surface area contributed by atoms with Gasteiger partial charge in [-0.05, 0) is 53.2 Å². The van der Waals surface area contributed by atoms with Gasteiger partial charge in [-0.15, -0.1) is 0 Å². The Hall–Kier alpha value is -2.95. The van der Waals surface area contributed by atoms with Gasteiger partial charge in [0, 0.05) is 5.39 Å². The van der Waals surface area contributed by atoms with Crippen molar-refractivity contribution in [2.45, 2.75) is 6.04 Å². The highest BCUT2D eigenvalue weighted by molar-refractivity contribution is 5.84. The SMILES string of the molecule is Fc1ccc(C2NC=CC=C2c2ccc3[nH]ncc3c2)cc1F. The Morgan fingerprint density at radius 3 is 2.78 bits per heavy atom. The van der Waals surface area contributed by atoms with Crippen LogP contribution in [-0.4, -0.2) is 10.2 Å². The summed E-state index contributed by atoms with van der Waals surface area (Å²) >= 11 is 0. The second-order valence-electron chi connectivity index (χ2n) is 5.43. The van der Waals surface area contributed by atoms with Gasteiger partial charge in [0.1, 0.15) is 0 Å². The maximum absolute atomic E-state index is 13.6. The van der Waals surface area contributed by atoms with Gasteiger partial charge in [0.2, 0.25) is 0 Å². The number of hydrogen-bond acceptors (Lipinski definition) is 2. The molecule has 2 heterocycles. The lowest BCUT2D eigenvalue weighted by atomic mass is 9.90. The Morgan fingerprint density at radius 2 is 1.91 bits per heavy atom. The van der Waals surface area contributed by atoms with Gasteiger partial charge in [0.15, 0.2) is 11.6 Å². The van der Waals surface area contributed by atoms with Crippen molar-refractivity contribution in [3.05, 3.63) is 83.7 Å². The van der Waals surface area contributed by atoms with E-state index in [9.17, 15) is 8.78 Å². The van der Waals surface area contributed by atoms with E-state index < -0.39 is 11.6 Å². The second kappa shape index (κ2) is 5.35. The number of benzene rings is 2. The fourth-order valence-corrected chi connectivity index (χ4v) is 2.84. The van der Waals surface area contributed by atoms with Crippen LogP contribution in [0, 0.1) is 11.6 Å². The van der Waals surface area contributed by atoms with Gasteiger partial charge in [0.05, 0.1) is 17.8 Å². The summed E-state index contributed by atoms with van der Waals surface area (Å²) < 4.78 is 26.8. The first-order valence-corrected chi connectivity index (χ1v) is 7.23. The van der Waals surface area contributed by atoms with E-state index in [1.807, 2.05) is 30.4 Å². The molecule has 1 unspecified atom stereocenters. The minimum absolute atomic E-state index is 0.237. The van der Waals surface area contributed by atoms with Crippen LogP contribution in [0.15, 0.2) is 60.9 Å². The number of halogens is 2. The number of aromatic amines is 1. The normalized spacial score (nSPS) is 17.1. The van der Waals surface area contributed by atoms with E-state index >= 15 is 0 Å². The summed E-state index contributed by atoms with van der Waals surface area (Å²) in [6, 6.07) is 9.72. The highest BCUT2D eigenvalue weighted by atomic mass is 19.2. The average Bonchev–Trinajstić information content (AvgIpc) is 3.05. The maximum Gasteiger partial charge on any atom is 0.159 e. The molecule has 114 valence electrons. The van der Waals surface area contributed by atoms with Crippen molar-refractivity contribution in [3.63, 3.8) is 0 Å². The summed E-state index contributed by atoms with van der Waals surface area (Å²) in [6.45, 7) is 0. The van der Waals surface area contributed by atoms with Gasteiger partial charge < -0.3 is 5.32 Å². The van der Waals surface area contributed by atoms with Gasteiger partial charge in [-0.1, -0.05) is 18.2 Å². The molecule has 0 aliphatic carbocycles. The number of nitrogens with one attached hydrogen (secondary N) is 2. The molecule has 1 aliphatic heterocycles. The van der Waals surface area contributed by atoms with Crippen LogP contribution in [0.2, 0.25) is 0 Å². The summed E-state index contributed by atoms with van der Waals surface area (Å²) in [7, 11) is 0. The zero-order valence-corrected chi connectivity index (χ0v) is 12.1. The van der Waals surface area contributed by atoms with E-state index in [2.05, 4.69) is 15.5 Å². The van der Waals surface area contributed by atoms with Crippen molar-refractivity contribution in [1.82, 2.24) is 15.5 Å². The lowest BCUT2D eigenvalue weighted by molar-refractivity contribution is 0.506. The zero-order valence-electron chi connectivity index (χ0n) is 12.1. The van der Waals surface area contributed by atoms with Crippen LogP contribution in [-0.2, 0) is 0 Å². The third-order valence-corrected chi connectivity index (χ3v) is 4.00. The van der Waals surface area contributed by atoms with Crippen LogP contribution in [0.5, 0.6) is 0 Å². The predicted molar refractivity (Wildman–Crippen MR) is 85.4 cm³/mol. The molecule has 0 radical (unpaired) electrons. The lowest BCUT2D eigenvalue weighted by Crippen LogP contribution is -2.19. The van der Waals surface area contributed by atoms with Crippen LogP contribution >= 0.6 is 0 Å². The van der Waals surface area contributed by atoms with E-state index in [1.54, 1.807) is 18.5 Å². The Kier molecular flexibility index (Phi) is 3.19. The quantitative estimate of drug-likeness (QED) is 0.749. The third kappa shape index (κ3) is 2.40. The van der Waals surface area contributed by atoms with Crippen molar-refractivity contribution in [1.29, 1.82) is 0 Å². The molecule has 1 aromatic heterocycles. The summed E-state index contributed by atoms with van der Waals surface area (Å²) in [5, 5.41) is 11.1. The predicted octanol–water partition coefficient (Wildman–Crippen LogP) is 4.08. The van der Waals surface area contributed by atoms with Crippen LogP contribution in [0.25, 0.3) is 16.5 Å². The molecule has 0 saturated carbocycles. The molecule has 0 spiro atoms. The smallest absolute Gasteiger partial charge is 0.159 e. The Balaban J connectivity index is 1.79. The molecule has 1 atom stereocenters. The standard InChI is InChI=1S/C18H13F2N3/c19-15-5-3-12(9-16(15)20)18-14(2-1-7-21-18)11-4-6-17-13(8-11)10-22-23-17/h1-10,18,21H,(H,22,23). The van der Waals surface area contributed by atoms with E-state index in [4.69, 9.17) is 0 Å². The summed E-state index contributed by atoms with van der Waals surface area (Å²) in [5.74, 6) is -1.69. The average molecular weight is 309 g/mol. The number of dihydropyridines is 1. The molecular weight excluding hydrogens is 296 g/mol. The Labute approximate surface area is 131 Å². The summed E-state index contributed by atoms with van der Waals surface area (Å²) in [5.41, 5.74) is 3.62. The van der Waals surface area contributed by atoms with Crippen molar-refractivity contribution >= 4 is 16.5 Å². The lowest BCUT2D eigenvalue weighted by Gasteiger charge is -2.24. The highest BCUT2D eigenvalue weighted by Crippen LogP contribution is 2.33. The molecule has 0 bridgehead atoms. The number of aromatic nitrogens is 2. The van der Waals surface area contributed by atoms with Crippen LogP contribution < -0.4 is 5.32 Å². The van der Waals surface area contributed by atoms with Gasteiger partial charge in [-0.3, -0.25) is 5.10 Å². The monoisotopic (exact) mass is 309 g/mol. The Morgan fingerprint density at radius 1 is 1.00 bits per heavy atom. The molecule has 2 N–H and O–H groups in total. The van der Waals surface area contributed by atoms with Gasteiger partial charge >= 0.3 is 0 Å². The largest absolute Gasteiger partial charge is 0.380 e. The topological polar surface area (TPSA) is 40.7 Å². The minimum atomic E-state index is -0.844. The fourth-order valence-electron chi connectivity index (χ4n) is 2.84. The Bertz CT molecular complexity index is 940. The molecule has 0 amide bonds. The molecular formula is C18H13F2N3. The first-order valence-electron chi connectivity index (χ1n) is 7.23. The van der Waals surface area contributed by atoms with Crippen molar-refractivity contribution in [2.75, 3.05) is 0 Å². The van der Waals surface area contributed by atoms with E-state index in [-0.39, 0.29) is 6.04 Å². The van der Waals surface area contributed by atoms with Crippen LogP contribution in [0.4, 0.5) is 8.78 Å². The molecule has 23 heavy (non-hydrogen) atoms. The molecule has 1 aliphatic rings. The molecule has 3 aromatic rings. The first-order chi connectivity index (χ1) is 11.2. The van der Waals surface area contributed by atoms with E-state index in [0.717, 1.165) is 28.1 Å².